The average Bonchev–Trinajstić information content (AvgIpc) is 3.09. The number of likely N-dealkylation sites (tertiary alicyclic amines) is 1. The van der Waals surface area contributed by atoms with E-state index in [9.17, 15) is 4.79 Å². The van der Waals surface area contributed by atoms with E-state index in [0.717, 1.165) is 49.9 Å². The molecule has 2 rings (SSSR count). The molecule has 140 valence electrons. The van der Waals surface area contributed by atoms with Crippen LogP contribution in [0.15, 0.2) is 11.2 Å². The molecule has 0 saturated carbocycles. The molecule has 7 nitrogen and oxygen atoms in total. The van der Waals surface area contributed by atoms with Crippen LogP contribution in [0, 0.1) is 0 Å². The number of piperidine rings is 1. The molecule has 2 heterocycles. The van der Waals surface area contributed by atoms with Crippen molar-refractivity contribution in [3.8, 4) is 0 Å². The van der Waals surface area contributed by atoms with E-state index in [2.05, 4.69) is 44.7 Å². The lowest BCUT2D eigenvalue weighted by molar-refractivity contribution is -0.122. The van der Waals surface area contributed by atoms with Crippen molar-refractivity contribution in [2.45, 2.75) is 45.7 Å². The van der Waals surface area contributed by atoms with Crippen LogP contribution >= 0.6 is 11.3 Å². The van der Waals surface area contributed by atoms with E-state index in [1.165, 1.54) is 4.88 Å². The maximum atomic E-state index is 11.5. The number of nitrogens with one attached hydrogen (secondary N) is 3. The largest absolute Gasteiger partial charge is 0.358 e. The van der Waals surface area contributed by atoms with Crippen molar-refractivity contribution >= 4 is 23.2 Å². The number of aliphatic imine (C=N–C) groups is 1. The van der Waals surface area contributed by atoms with Crippen LogP contribution in [0.5, 0.6) is 0 Å². The molecule has 1 aliphatic heterocycles. The second-order valence-electron chi connectivity index (χ2n) is 6.14. The van der Waals surface area contributed by atoms with E-state index in [1.54, 1.807) is 18.4 Å². The molecule has 0 radical (unpaired) electrons. The van der Waals surface area contributed by atoms with Gasteiger partial charge < -0.3 is 16.0 Å². The van der Waals surface area contributed by atoms with Crippen LogP contribution < -0.4 is 16.0 Å². The lowest BCUT2D eigenvalue weighted by atomic mass is 10.1. The number of hydrogen-bond donors (Lipinski definition) is 3. The molecule has 0 unspecified atom stereocenters. The van der Waals surface area contributed by atoms with Crippen molar-refractivity contribution < 1.29 is 4.79 Å². The summed E-state index contributed by atoms with van der Waals surface area (Å²) in [4.78, 5) is 24.1. The van der Waals surface area contributed by atoms with E-state index in [4.69, 9.17) is 0 Å². The van der Waals surface area contributed by atoms with Crippen molar-refractivity contribution in [3.63, 3.8) is 0 Å². The van der Waals surface area contributed by atoms with Crippen LogP contribution in [-0.2, 0) is 17.8 Å². The van der Waals surface area contributed by atoms with Crippen molar-refractivity contribution in [1.29, 1.82) is 0 Å². The highest BCUT2D eigenvalue weighted by Gasteiger charge is 2.21. The Morgan fingerprint density at radius 2 is 2.16 bits per heavy atom. The highest BCUT2D eigenvalue weighted by molar-refractivity contribution is 7.11. The molecule has 8 heteroatoms. The molecule has 3 N–H and O–H groups in total. The number of likely N-dealkylation sites (N-methyl/N-ethyl adjacent to an activating group) is 1. The number of carbonyl (C=O) groups excluding carboxylic acids is 1. The molecule has 1 aromatic rings. The van der Waals surface area contributed by atoms with E-state index >= 15 is 0 Å². The fraction of sp³-hybridized carbons (Fsp3) is 0.706. The van der Waals surface area contributed by atoms with Gasteiger partial charge in [0.05, 0.1) is 13.1 Å². The van der Waals surface area contributed by atoms with Crippen LogP contribution in [0.1, 0.15) is 36.6 Å². The molecule has 1 fully saturated rings. The summed E-state index contributed by atoms with van der Waals surface area (Å²) >= 11 is 1.73. The Bertz CT molecular complexity index is 565. The predicted molar refractivity (Wildman–Crippen MR) is 103 cm³/mol. The van der Waals surface area contributed by atoms with Gasteiger partial charge >= 0.3 is 0 Å². The van der Waals surface area contributed by atoms with Gasteiger partial charge in [0, 0.05) is 43.8 Å². The SMILES string of the molecule is CCNC(=NCc1ncc(CC)s1)NC1CCN(CC(=O)NC)CC1. The van der Waals surface area contributed by atoms with Gasteiger partial charge in [0.1, 0.15) is 5.01 Å². The van der Waals surface area contributed by atoms with E-state index in [1.807, 2.05) is 6.20 Å². The zero-order chi connectivity index (χ0) is 18.1. The average molecular weight is 367 g/mol. The summed E-state index contributed by atoms with van der Waals surface area (Å²) in [6, 6.07) is 0.390. The van der Waals surface area contributed by atoms with Crippen LogP contribution in [0.25, 0.3) is 0 Å². The third kappa shape index (κ3) is 6.62. The molecular formula is C17H30N6OS. The van der Waals surface area contributed by atoms with E-state index in [0.29, 0.717) is 19.1 Å². The number of aryl methyl sites for hydroxylation is 1. The summed E-state index contributed by atoms with van der Waals surface area (Å²) < 4.78 is 0. The number of aromatic nitrogens is 1. The number of guanidine groups is 1. The second kappa shape index (κ2) is 10.4. The molecule has 1 aliphatic rings. The third-order valence-corrected chi connectivity index (χ3v) is 5.37. The summed E-state index contributed by atoms with van der Waals surface area (Å²) in [7, 11) is 1.68. The Labute approximate surface area is 154 Å². The minimum absolute atomic E-state index is 0.0798. The molecule has 25 heavy (non-hydrogen) atoms. The van der Waals surface area contributed by atoms with Gasteiger partial charge in [-0.25, -0.2) is 9.98 Å². The first-order chi connectivity index (χ1) is 12.1. The molecule has 1 saturated heterocycles. The maximum Gasteiger partial charge on any atom is 0.233 e. The van der Waals surface area contributed by atoms with Gasteiger partial charge in [0.15, 0.2) is 5.96 Å². The highest BCUT2D eigenvalue weighted by atomic mass is 32.1. The zero-order valence-electron chi connectivity index (χ0n) is 15.5. The maximum absolute atomic E-state index is 11.5. The first-order valence-electron chi connectivity index (χ1n) is 9.05. The van der Waals surface area contributed by atoms with Crippen LogP contribution in [0.4, 0.5) is 0 Å². The first-order valence-corrected chi connectivity index (χ1v) is 9.87. The Hall–Kier alpha value is -1.67. The quantitative estimate of drug-likeness (QED) is 0.495. The smallest absolute Gasteiger partial charge is 0.233 e. The standard InChI is InChI=1S/C17H30N6OS/c1-4-14-10-20-16(25-14)11-21-17(19-5-2)22-13-6-8-23(9-7-13)12-15(24)18-3/h10,13H,4-9,11-12H2,1-3H3,(H,18,24)(H2,19,21,22). The Kier molecular flexibility index (Phi) is 8.14. The topological polar surface area (TPSA) is 81.7 Å². The number of nitrogens with zero attached hydrogens (tertiary/aromatic N) is 3. The summed E-state index contributed by atoms with van der Waals surface area (Å²) in [5, 5.41) is 10.6. The van der Waals surface area contributed by atoms with E-state index in [-0.39, 0.29) is 5.91 Å². The first kappa shape index (κ1) is 19.7. The van der Waals surface area contributed by atoms with Crippen LogP contribution in [-0.4, -0.2) is 61.0 Å². The van der Waals surface area contributed by atoms with Crippen molar-refractivity contribution in [1.82, 2.24) is 25.8 Å². The summed E-state index contributed by atoms with van der Waals surface area (Å²) in [6.45, 7) is 7.99. The Balaban J connectivity index is 1.82. The normalized spacial score (nSPS) is 16.7. The summed E-state index contributed by atoms with van der Waals surface area (Å²) in [5.41, 5.74) is 0. The molecule has 0 atom stereocenters. The fourth-order valence-electron chi connectivity index (χ4n) is 2.76. The minimum Gasteiger partial charge on any atom is -0.358 e. The van der Waals surface area contributed by atoms with Gasteiger partial charge in [-0.05, 0) is 26.2 Å². The second-order valence-corrected chi connectivity index (χ2v) is 7.34. The molecule has 0 aliphatic carbocycles. The zero-order valence-corrected chi connectivity index (χ0v) is 16.3. The number of thiazole rings is 1. The number of carbonyl (C=O) groups is 1. The van der Waals surface area contributed by atoms with Gasteiger partial charge in [0.25, 0.3) is 0 Å². The number of rotatable bonds is 7. The highest BCUT2D eigenvalue weighted by Crippen LogP contribution is 2.14. The molecule has 0 spiro atoms. The number of amides is 1. The van der Waals surface area contributed by atoms with Gasteiger partial charge in [-0.15, -0.1) is 11.3 Å². The summed E-state index contributed by atoms with van der Waals surface area (Å²) in [5.74, 6) is 0.928. The van der Waals surface area contributed by atoms with E-state index < -0.39 is 0 Å². The monoisotopic (exact) mass is 366 g/mol. The fourth-order valence-corrected chi connectivity index (χ4v) is 3.55. The van der Waals surface area contributed by atoms with Crippen molar-refractivity contribution in [3.05, 3.63) is 16.1 Å². The molecule has 0 aromatic carbocycles. The van der Waals surface area contributed by atoms with Gasteiger partial charge in [0.2, 0.25) is 5.91 Å². The van der Waals surface area contributed by atoms with Gasteiger partial charge in [-0.1, -0.05) is 6.92 Å². The molecule has 1 amide bonds. The number of hydrogen-bond acceptors (Lipinski definition) is 5. The van der Waals surface area contributed by atoms with Gasteiger partial charge in [-0.2, -0.15) is 0 Å². The van der Waals surface area contributed by atoms with Crippen molar-refractivity contribution in [2.75, 3.05) is 33.2 Å². The van der Waals surface area contributed by atoms with Gasteiger partial charge in [-0.3, -0.25) is 9.69 Å². The molecular weight excluding hydrogens is 336 g/mol. The molecule has 1 aromatic heterocycles. The lowest BCUT2D eigenvalue weighted by Gasteiger charge is -2.32. The van der Waals surface area contributed by atoms with Crippen LogP contribution in [0.2, 0.25) is 0 Å². The third-order valence-electron chi connectivity index (χ3n) is 4.24. The predicted octanol–water partition coefficient (Wildman–Crippen LogP) is 0.971. The van der Waals surface area contributed by atoms with Crippen molar-refractivity contribution in [2.24, 2.45) is 4.99 Å². The minimum atomic E-state index is 0.0798. The summed E-state index contributed by atoms with van der Waals surface area (Å²) in [6.07, 6.45) is 4.99. The lowest BCUT2D eigenvalue weighted by Crippen LogP contribution is -2.50. The Morgan fingerprint density at radius 1 is 1.40 bits per heavy atom. The van der Waals surface area contributed by atoms with Crippen LogP contribution in [0.3, 0.4) is 0 Å². The molecule has 0 bridgehead atoms. The Morgan fingerprint density at radius 3 is 2.76 bits per heavy atom.